The molecule has 0 spiro atoms. The molecule has 1 atom stereocenters. The summed E-state index contributed by atoms with van der Waals surface area (Å²) in [6.45, 7) is 4.01. The van der Waals surface area contributed by atoms with Gasteiger partial charge in [-0.3, -0.25) is 14.9 Å². The molecule has 3 aromatic rings. The van der Waals surface area contributed by atoms with E-state index in [4.69, 9.17) is 21.1 Å². The fraction of sp³-hybridized carbons (Fsp3) is 0.375. The predicted octanol–water partition coefficient (Wildman–Crippen LogP) is 6.58. The number of ketones is 1. The first-order valence-electron chi connectivity index (χ1n) is 14.2. The first-order chi connectivity index (χ1) is 21.4. The Morgan fingerprint density at radius 1 is 1.04 bits per heavy atom. The molecule has 0 bridgehead atoms. The number of aliphatic hydroxyl groups is 1. The topological polar surface area (TPSA) is 127 Å². The first kappa shape index (κ1) is 34.6. The molecule has 246 valence electrons. The lowest BCUT2D eigenvalue weighted by Gasteiger charge is -2.33. The van der Waals surface area contributed by atoms with Crippen molar-refractivity contribution in [3.05, 3.63) is 76.2 Å². The smallest absolute Gasteiger partial charge is 0.422 e. The molecular formula is C32H32ClF4N3O6. The number of carbonyl (C=O) groups is 3. The molecule has 0 aliphatic heterocycles. The Bertz CT molecular complexity index is 1660. The number of aromatic nitrogens is 1. The molecule has 3 amide bonds. The van der Waals surface area contributed by atoms with Crippen LogP contribution >= 0.6 is 11.6 Å². The maximum atomic E-state index is 14.7. The van der Waals surface area contributed by atoms with E-state index in [1.165, 1.54) is 51.3 Å². The van der Waals surface area contributed by atoms with Crippen LogP contribution in [0.25, 0.3) is 11.3 Å². The fourth-order valence-corrected chi connectivity index (χ4v) is 4.79. The number of Topliss-reactive ketones (excluding diaryl/α,β-unsaturated/α-hetero) is 1. The van der Waals surface area contributed by atoms with E-state index in [0.29, 0.717) is 5.75 Å². The standard InChI is InChI=1S/C32H32ClF4N3O6/c1-17(41)38-29(43)40-30(2,3)20-15-24(18-5-9-23(34)22(33)13-18)39-28(16-20)31(44,32(35,36)37)12-11-25(42)19-6-10-26(27(14-19)45-4)46-21-7-8-21/h5-6,9-10,13-16,21,44H,7-8,11-12H2,1-4H3,(H2,38,40,41,43). The van der Waals surface area contributed by atoms with E-state index in [-0.39, 0.29) is 39.3 Å². The third-order valence-corrected chi connectivity index (χ3v) is 7.68. The fourth-order valence-electron chi connectivity index (χ4n) is 4.61. The normalized spacial score (nSPS) is 14.7. The average molecular weight is 666 g/mol. The minimum Gasteiger partial charge on any atom is -0.493 e. The van der Waals surface area contributed by atoms with E-state index >= 15 is 0 Å². The van der Waals surface area contributed by atoms with Crippen LogP contribution in [0.1, 0.15) is 68.1 Å². The number of amides is 3. The number of pyridine rings is 1. The van der Waals surface area contributed by atoms with Crippen molar-refractivity contribution in [3.63, 3.8) is 0 Å². The van der Waals surface area contributed by atoms with Crippen LogP contribution < -0.4 is 20.1 Å². The van der Waals surface area contributed by atoms with Crippen molar-refractivity contribution < 1.29 is 46.5 Å². The van der Waals surface area contributed by atoms with Gasteiger partial charge in [0, 0.05) is 24.5 Å². The lowest BCUT2D eigenvalue weighted by Crippen LogP contribution is -2.48. The monoisotopic (exact) mass is 665 g/mol. The summed E-state index contributed by atoms with van der Waals surface area (Å²) in [6.07, 6.45) is -5.38. The number of carbonyl (C=O) groups excluding carboxylic acids is 3. The minimum absolute atomic E-state index is 0.0386. The Morgan fingerprint density at radius 3 is 2.33 bits per heavy atom. The van der Waals surface area contributed by atoms with Crippen LogP contribution in [0.5, 0.6) is 11.5 Å². The number of urea groups is 1. The second kappa shape index (κ2) is 13.2. The Kier molecular flexibility index (Phi) is 9.98. The van der Waals surface area contributed by atoms with Crippen LogP contribution in [0.15, 0.2) is 48.5 Å². The molecule has 2 aromatic carbocycles. The number of methoxy groups -OCH3 is 1. The highest BCUT2D eigenvalue weighted by Crippen LogP contribution is 2.44. The molecule has 1 unspecified atom stereocenters. The highest BCUT2D eigenvalue weighted by atomic mass is 35.5. The van der Waals surface area contributed by atoms with Crippen molar-refractivity contribution in [1.82, 2.24) is 15.6 Å². The van der Waals surface area contributed by atoms with E-state index in [9.17, 15) is 37.1 Å². The van der Waals surface area contributed by atoms with Crippen molar-refractivity contribution in [3.8, 4) is 22.8 Å². The van der Waals surface area contributed by atoms with Crippen LogP contribution in [-0.2, 0) is 15.9 Å². The summed E-state index contributed by atoms with van der Waals surface area (Å²) in [5.41, 5.74) is -5.90. The largest absolute Gasteiger partial charge is 0.493 e. The van der Waals surface area contributed by atoms with Gasteiger partial charge in [0.1, 0.15) is 5.82 Å². The summed E-state index contributed by atoms with van der Waals surface area (Å²) in [7, 11) is 1.37. The summed E-state index contributed by atoms with van der Waals surface area (Å²) >= 11 is 5.93. The number of benzene rings is 2. The number of imide groups is 1. The number of alkyl halides is 3. The number of rotatable bonds is 11. The SMILES string of the molecule is COc1cc(C(=O)CCC(O)(c2cc(C(C)(C)NC(=O)NC(C)=O)cc(-c3ccc(F)c(Cl)c3)n2)C(F)(F)F)ccc1OC1CC1. The molecule has 1 aliphatic carbocycles. The predicted molar refractivity (Wildman–Crippen MR) is 160 cm³/mol. The quantitative estimate of drug-likeness (QED) is 0.156. The molecule has 4 rings (SSSR count). The summed E-state index contributed by atoms with van der Waals surface area (Å²) in [4.78, 5) is 41.0. The van der Waals surface area contributed by atoms with Gasteiger partial charge in [-0.05, 0) is 87.2 Å². The number of nitrogens with one attached hydrogen (secondary N) is 2. The van der Waals surface area contributed by atoms with Gasteiger partial charge in [0.25, 0.3) is 0 Å². The second-order valence-corrected chi connectivity index (χ2v) is 11.9. The van der Waals surface area contributed by atoms with E-state index in [1.807, 2.05) is 5.32 Å². The highest BCUT2D eigenvalue weighted by Gasteiger charge is 2.56. The molecule has 1 aromatic heterocycles. The van der Waals surface area contributed by atoms with Crippen molar-refractivity contribution in [2.75, 3.05) is 7.11 Å². The van der Waals surface area contributed by atoms with Crippen LogP contribution in [0.3, 0.4) is 0 Å². The maximum absolute atomic E-state index is 14.7. The van der Waals surface area contributed by atoms with E-state index in [1.54, 1.807) is 0 Å². The average Bonchev–Trinajstić information content (AvgIpc) is 3.79. The molecular weight excluding hydrogens is 634 g/mol. The van der Waals surface area contributed by atoms with E-state index in [0.717, 1.165) is 38.0 Å². The van der Waals surface area contributed by atoms with Gasteiger partial charge in [0.05, 0.1) is 35.2 Å². The molecule has 9 nitrogen and oxygen atoms in total. The van der Waals surface area contributed by atoms with E-state index < -0.39 is 59.4 Å². The maximum Gasteiger partial charge on any atom is 0.422 e. The summed E-state index contributed by atoms with van der Waals surface area (Å²) in [6, 6.07) is 9.02. The molecule has 1 heterocycles. The minimum atomic E-state index is -5.32. The van der Waals surface area contributed by atoms with Crippen molar-refractivity contribution in [2.45, 2.75) is 69.9 Å². The van der Waals surface area contributed by atoms with Gasteiger partial charge in [-0.2, -0.15) is 13.2 Å². The zero-order valence-electron chi connectivity index (χ0n) is 25.4. The van der Waals surface area contributed by atoms with Gasteiger partial charge in [0.2, 0.25) is 11.5 Å². The van der Waals surface area contributed by atoms with Crippen LogP contribution in [-0.4, -0.2) is 47.2 Å². The van der Waals surface area contributed by atoms with Gasteiger partial charge in [-0.1, -0.05) is 11.6 Å². The zero-order chi connectivity index (χ0) is 34.0. The van der Waals surface area contributed by atoms with Crippen molar-refractivity contribution in [2.24, 2.45) is 0 Å². The van der Waals surface area contributed by atoms with Crippen LogP contribution in [0, 0.1) is 5.82 Å². The highest BCUT2D eigenvalue weighted by molar-refractivity contribution is 6.31. The first-order valence-corrected chi connectivity index (χ1v) is 14.6. The van der Waals surface area contributed by atoms with Gasteiger partial charge >= 0.3 is 12.2 Å². The number of nitrogens with zero attached hydrogens (tertiary/aromatic N) is 1. The lowest BCUT2D eigenvalue weighted by molar-refractivity contribution is -0.270. The number of ether oxygens (including phenoxy) is 2. The molecule has 3 N–H and O–H groups in total. The van der Waals surface area contributed by atoms with Crippen molar-refractivity contribution in [1.29, 1.82) is 0 Å². The number of hydrogen-bond donors (Lipinski definition) is 3. The second-order valence-electron chi connectivity index (χ2n) is 11.5. The van der Waals surface area contributed by atoms with Crippen molar-refractivity contribution >= 4 is 29.3 Å². The molecule has 14 heteroatoms. The van der Waals surface area contributed by atoms with Crippen LogP contribution in [0.4, 0.5) is 22.4 Å². The molecule has 1 saturated carbocycles. The molecule has 0 radical (unpaired) electrons. The van der Waals surface area contributed by atoms with E-state index in [2.05, 4.69) is 10.3 Å². The van der Waals surface area contributed by atoms with Gasteiger partial charge < -0.3 is 19.9 Å². The van der Waals surface area contributed by atoms with Gasteiger partial charge in [0.15, 0.2) is 17.3 Å². The molecule has 1 aliphatic rings. The number of hydrogen-bond acceptors (Lipinski definition) is 7. The Labute approximate surface area is 267 Å². The van der Waals surface area contributed by atoms with Gasteiger partial charge in [-0.25, -0.2) is 14.2 Å². The summed E-state index contributed by atoms with van der Waals surface area (Å²) < 4.78 is 69.2. The Balaban J connectivity index is 1.74. The number of halogens is 5. The molecule has 46 heavy (non-hydrogen) atoms. The summed E-state index contributed by atoms with van der Waals surface area (Å²) in [5.74, 6) is -1.52. The summed E-state index contributed by atoms with van der Waals surface area (Å²) in [5, 5.41) is 15.5. The van der Waals surface area contributed by atoms with Gasteiger partial charge in [-0.15, -0.1) is 0 Å². The third kappa shape index (κ3) is 7.94. The lowest BCUT2D eigenvalue weighted by atomic mass is 9.86. The zero-order valence-corrected chi connectivity index (χ0v) is 26.1. The molecule has 0 saturated heterocycles. The molecule has 1 fully saturated rings. The Hall–Kier alpha value is -4.23. The Morgan fingerprint density at radius 2 is 1.74 bits per heavy atom. The third-order valence-electron chi connectivity index (χ3n) is 7.39. The van der Waals surface area contributed by atoms with Crippen LogP contribution in [0.2, 0.25) is 5.02 Å².